The van der Waals surface area contributed by atoms with Gasteiger partial charge in [-0.2, -0.15) is 0 Å². The summed E-state index contributed by atoms with van der Waals surface area (Å²) in [6.45, 7) is 1.79. The van der Waals surface area contributed by atoms with Crippen LogP contribution in [0.15, 0.2) is 88.6 Å². The van der Waals surface area contributed by atoms with Crippen molar-refractivity contribution in [2.75, 3.05) is 23.5 Å². The number of anilines is 2. The first-order valence-electron chi connectivity index (χ1n) is 11.2. The van der Waals surface area contributed by atoms with Crippen LogP contribution in [0.25, 0.3) is 5.69 Å². The van der Waals surface area contributed by atoms with Gasteiger partial charge in [0.15, 0.2) is 0 Å². The molecule has 0 aliphatic heterocycles. The van der Waals surface area contributed by atoms with E-state index in [-0.39, 0.29) is 28.8 Å². The fourth-order valence-corrected chi connectivity index (χ4v) is 4.34. The van der Waals surface area contributed by atoms with Crippen LogP contribution in [-0.2, 0) is 11.8 Å². The second-order valence-corrected chi connectivity index (χ2v) is 9.03. The van der Waals surface area contributed by atoms with Gasteiger partial charge in [-0.3, -0.25) is 19.1 Å². The van der Waals surface area contributed by atoms with Gasteiger partial charge in [0, 0.05) is 23.2 Å². The van der Waals surface area contributed by atoms with Gasteiger partial charge < -0.3 is 15.4 Å². The Kier molecular flexibility index (Phi) is 7.60. The molecule has 0 aliphatic carbocycles. The lowest BCUT2D eigenvalue weighted by atomic mass is 10.2. The Bertz CT molecular complexity index is 1440. The molecule has 8 nitrogen and oxygen atoms in total. The third kappa shape index (κ3) is 5.52. The second kappa shape index (κ2) is 11.0. The molecule has 36 heavy (non-hydrogen) atoms. The second-order valence-electron chi connectivity index (χ2n) is 7.98. The van der Waals surface area contributed by atoms with Crippen LogP contribution in [0.1, 0.15) is 16.1 Å². The number of aromatic nitrogens is 2. The molecule has 0 fully saturated rings. The van der Waals surface area contributed by atoms with E-state index in [0.29, 0.717) is 22.7 Å². The monoisotopic (exact) mass is 502 g/mol. The van der Waals surface area contributed by atoms with Crippen molar-refractivity contribution in [3.05, 3.63) is 100 Å². The van der Waals surface area contributed by atoms with Crippen molar-refractivity contribution < 1.29 is 14.3 Å². The Balaban J connectivity index is 1.36. The van der Waals surface area contributed by atoms with Crippen molar-refractivity contribution >= 4 is 35.0 Å². The quantitative estimate of drug-likeness (QED) is 0.347. The summed E-state index contributed by atoms with van der Waals surface area (Å²) >= 11 is 1.34. The Morgan fingerprint density at radius 3 is 2.36 bits per heavy atom. The number of para-hydroxylation sites is 1. The molecule has 3 aromatic carbocycles. The summed E-state index contributed by atoms with van der Waals surface area (Å²) in [4.78, 5) is 38.9. The van der Waals surface area contributed by atoms with Crippen molar-refractivity contribution in [2.45, 2.75) is 11.8 Å². The average Bonchev–Trinajstić information content (AvgIpc) is 3.11. The van der Waals surface area contributed by atoms with E-state index < -0.39 is 0 Å². The predicted octanol–water partition coefficient (Wildman–Crippen LogP) is 4.48. The molecule has 0 bridgehead atoms. The first kappa shape index (κ1) is 24.9. The third-order valence-electron chi connectivity index (χ3n) is 5.63. The number of hydrogen-bond acceptors (Lipinski definition) is 5. The van der Waals surface area contributed by atoms with Crippen LogP contribution in [0.2, 0.25) is 0 Å². The summed E-state index contributed by atoms with van der Waals surface area (Å²) in [5, 5.41) is 5.61. The smallest absolute Gasteiger partial charge is 0.295 e. The van der Waals surface area contributed by atoms with E-state index in [9.17, 15) is 14.4 Å². The maximum atomic E-state index is 13.0. The number of nitrogens with one attached hydrogen (secondary N) is 2. The van der Waals surface area contributed by atoms with E-state index in [1.807, 2.05) is 42.5 Å². The molecular formula is C27H26N4O4S. The topological polar surface area (TPSA) is 94.4 Å². The molecule has 0 atom stereocenters. The number of carbonyl (C=O) groups is 2. The highest BCUT2D eigenvalue weighted by Crippen LogP contribution is 2.22. The van der Waals surface area contributed by atoms with Crippen LogP contribution in [0.5, 0.6) is 5.75 Å². The van der Waals surface area contributed by atoms with Gasteiger partial charge in [0.2, 0.25) is 5.91 Å². The minimum Gasteiger partial charge on any atom is -0.497 e. The van der Waals surface area contributed by atoms with Crippen LogP contribution in [0.3, 0.4) is 0 Å². The normalized spacial score (nSPS) is 10.6. The molecule has 4 rings (SSSR count). The zero-order chi connectivity index (χ0) is 25.7. The van der Waals surface area contributed by atoms with Gasteiger partial charge in [-0.15, -0.1) is 11.8 Å². The fraction of sp³-hybridized carbons (Fsp3) is 0.148. The average molecular weight is 503 g/mol. The Hall–Kier alpha value is -4.24. The predicted molar refractivity (Wildman–Crippen MR) is 142 cm³/mol. The van der Waals surface area contributed by atoms with Crippen molar-refractivity contribution in [1.29, 1.82) is 0 Å². The highest BCUT2D eigenvalue weighted by molar-refractivity contribution is 8.00. The number of ether oxygens (including phenoxy) is 1. The van der Waals surface area contributed by atoms with Gasteiger partial charge in [0.25, 0.3) is 11.5 Å². The summed E-state index contributed by atoms with van der Waals surface area (Å²) in [5.74, 6) is 0.223. The molecule has 4 aromatic rings. The summed E-state index contributed by atoms with van der Waals surface area (Å²) < 4.78 is 8.41. The van der Waals surface area contributed by atoms with Gasteiger partial charge >= 0.3 is 0 Å². The van der Waals surface area contributed by atoms with E-state index in [1.54, 1.807) is 62.2 Å². The van der Waals surface area contributed by atoms with Crippen LogP contribution < -0.4 is 20.9 Å². The molecule has 2 amide bonds. The highest BCUT2D eigenvalue weighted by Gasteiger charge is 2.18. The molecule has 0 radical (unpaired) electrons. The summed E-state index contributed by atoms with van der Waals surface area (Å²) in [6.07, 6.45) is 0. The fourth-order valence-electron chi connectivity index (χ4n) is 3.64. The minimum atomic E-state index is -0.282. The number of methoxy groups -OCH3 is 1. The molecule has 0 aliphatic rings. The molecular weight excluding hydrogens is 476 g/mol. The summed E-state index contributed by atoms with van der Waals surface area (Å²) in [7, 11) is 3.33. The lowest BCUT2D eigenvalue weighted by molar-refractivity contribution is -0.113. The number of benzene rings is 3. The van der Waals surface area contributed by atoms with Gasteiger partial charge in [-0.05, 0) is 61.5 Å². The van der Waals surface area contributed by atoms with E-state index in [4.69, 9.17) is 4.74 Å². The summed E-state index contributed by atoms with van der Waals surface area (Å²) in [5.41, 5.74) is 2.50. The molecule has 0 saturated heterocycles. The van der Waals surface area contributed by atoms with Crippen molar-refractivity contribution in [1.82, 2.24) is 9.36 Å². The van der Waals surface area contributed by atoms with Gasteiger partial charge in [0.1, 0.15) is 11.4 Å². The minimum absolute atomic E-state index is 0.134. The standard InChI is InChI=1S/C27H26N4O4S/c1-18-25(27(34)31(30(18)2)21-9-5-4-6-10-21)29-24(32)17-36-23-14-12-20(13-15-23)28-26(33)19-8-7-11-22(16-19)35-3/h4-16H,17H2,1-3H3,(H,28,33)(H,29,32). The largest absolute Gasteiger partial charge is 0.497 e. The molecule has 0 unspecified atom stereocenters. The van der Waals surface area contributed by atoms with Crippen molar-refractivity contribution in [3.8, 4) is 11.4 Å². The molecule has 9 heteroatoms. The molecule has 2 N–H and O–H groups in total. The van der Waals surface area contributed by atoms with Gasteiger partial charge in [0.05, 0.1) is 24.2 Å². The van der Waals surface area contributed by atoms with Crippen molar-refractivity contribution in [3.63, 3.8) is 0 Å². The molecule has 1 heterocycles. The Morgan fingerprint density at radius 2 is 1.67 bits per heavy atom. The number of nitrogens with zero attached hydrogens (tertiary/aromatic N) is 2. The Morgan fingerprint density at radius 1 is 0.944 bits per heavy atom. The van der Waals surface area contributed by atoms with Crippen LogP contribution in [-0.4, -0.2) is 34.0 Å². The molecule has 0 saturated carbocycles. The van der Waals surface area contributed by atoms with Crippen LogP contribution >= 0.6 is 11.8 Å². The number of thioether (sulfide) groups is 1. The maximum Gasteiger partial charge on any atom is 0.295 e. The highest BCUT2D eigenvalue weighted by atomic mass is 32.2. The lowest BCUT2D eigenvalue weighted by Crippen LogP contribution is -2.23. The maximum absolute atomic E-state index is 13.0. The third-order valence-corrected chi connectivity index (χ3v) is 6.64. The zero-order valence-electron chi connectivity index (χ0n) is 20.1. The Labute approximate surface area is 212 Å². The van der Waals surface area contributed by atoms with E-state index in [0.717, 1.165) is 10.6 Å². The SMILES string of the molecule is COc1cccc(C(=O)Nc2ccc(SCC(=O)Nc3c(C)n(C)n(-c4ccccc4)c3=O)cc2)c1. The summed E-state index contributed by atoms with van der Waals surface area (Å²) in [6, 6.07) is 23.4. The molecule has 1 aromatic heterocycles. The van der Waals surface area contributed by atoms with E-state index in [1.165, 1.54) is 16.4 Å². The van der Waals surface area contributed by atoms with Crippen LogP contribution in [0, 0.1) is 6.92 Å². The van der Waals surface area contributed by atoms with Gasteiger partial charge in [-0.1, -0.05) is 24.3 Å². The first-order chi connectivity index (χ1) is 17.4. The van der Waals surface area contributed by atoms with E-state index in [2.05, 4.69) is 10.6 Å². The number of amides is 2. The van der Waals surface area contributed by atoms with Crippen LogP contribution in [0.4, 0.5) is 11.4 Å². The van der Waals surface area contributed by atoms with E-state index >= 15 is 0 Å². The number of hydrogen-bond donors (Lipinski definition) is 2. The van der Waals surface area contributed by atoms with Gasteiger partial charge in [-0.25, -0.2) is 4.68 Å². The number of rotatable bonds is 8. The van der Waals surface area contributed by atoms with Crippen molar-refractivity contribution in [2.24, 2.45) is 7.05 Å². The lowest BCUT2D eigenvalue weighted by Gasteiger charge is -2.08. The number of carbonyl (C=O) groups excluding carboxylic acids is 2. The molecule has 0 spiro atoms. The first-order valence-corrected chi connectivity index (χ1v) is 12.2. The molecule has 184 valence electrons. The zero-order valence-corrected chi connectivity index (χ0v) is 21.0.